The monoisotopic (exact) mass is 491 g/mol. The molecule has 2 N–H and O–H groups in total. The van der Waals surface area contributed by atoms with E-state index in [2.05, 4.69) is 10.0 Å². The lowest BCUT2D eigenvalue weighted by Crippen LogP contribution is -2.47. The largest absolute Gasteiger partial charge is 0.488 e. The first-order valence-corrected chi connectivity index (χ1v) is 11.7. The van der Waals surface area contributed by atoms with Crippen molar-refractivity contribution < 1.29 is 35.5 Å². The number of aromatic nitrogens is 1. The van der Waals surface area contributed by atoms with Crippen molar-refractivity contribution in [2.45, 2.75) is 51.0 Å². The van der Waals surface area contributed by atoms with Crippen molar-refractivity contribution in [2.24, 2.45) is 12.5 Å². The maximum atomic E-state index is 14.4. The first-order valence-electron chi connectivity index (χ1n) is 10.2. The molecular weight excluding hydrogens is 466 g/mol. The first-order chi connectivity index (χ1) is 15.3. The van der Waals surface area contributed by atoms with E-state index < -0.39 is 56.7 Å². The number of sulfonamides is 1. The zero-order valence-corrected chi connectivity index (χ0v) is 19.3. The summed E-state index contributed by atoms with van der Waals surface area (Å²) < 4.78 is 89.5. The summed E-state index contributed by atoms with van der Waals surface area (Å²) in [6, 6.07) is 0.828. The zero-order valence-electron chi connectivity index (χ0n) is 18.5. The van der Waals surface area contributed by atoms with Crippen LogP contribution in [0.1, 0.15) is 56.1 Å². The van der Waals surface area contributed by atoms with Crippen LogP contribution in [0.3, 0.4) is 0 Å². The minimum Gasteiger partial charge on any atom is -0.488 e. The number of nitrogens with zero attached hydrogens (tertiary/aromatic N) is 1. The number of nitrogens with one attached hydrogen (secondary N) is 2. The van der Waals surface area contributed by atoms with E-state index in [0.717, 1.165) is 12.5 Å². The summed E-state index contributed by atoms with van der Waals surface area (Å²) in [6.07, 6.45) is -0.730. The molecule has 1 aromatic carbocycles. The maximum absolute atomic E-state index is 14.4. The van der Waals surface area contributed by atoms with Gasteiger partial charge in [0.2, 0.25) is 10.0 Å². The lowest BCUT2D eigenvalue weighted by molar-refractivity contribution is 0.101. The van der Waals surface area contributed by atoms with Crippen molar-refractivity contribution in [2.75, 3.05) is 11.9 Å². The van der Waals surface area contributed by atoms with Crippen LogP contribution in [0.15, 0.2) is 23.2 Å². The summed E-state index contributed by atoms with van der Waals surface area (Å²) in [5, 5.41) is 2.11. The molecule has 0 bridgehead atoms. The average Bonchev–Trinajstić information content (AvgIpc) is 2.97. The van der Waals surface area contributed by atoms with Crippen LogP contribution < -0.4 is 14.8 Å². The molecule has 0 aliphatic carbocycles. The molecule has 1 aliphatic heterocycles. The molecule has 1 atom stereocenters. The third-order valence-electron chi connectivity index (χ3n) is 5.73. The van der Waals surface area contributed by atoms with Gasteiger partial charge in [0.1, 0.15) is 17.3 Å². The van der Waals surface area contributed by atoms with Gasteiger partial charge in [0, 0.05) is 13.2 Å². The minimum absolute atomic E-state index is 0.0655. The highest BCUT2D eigenvalue weighted by molar-refractivity contribution is 7.89. The van der Waals surface area contributed by atoms with E-state index >= 15 is 0 Å². The predicted molar refractivity (Wildman–Crippen MR) is 113 cm³/mol. The number of hydrogen-bond acceptors (Lipinski definition) is 4. The normalized spacial score (nSPS) is 17.9. The van der Waals surface area contributed by atoms with Crippen molar-refractivity contribution in [3.05, 3.63) is 41.2 Å². The SMILES string of the molecule is CCCC(C)(C)[C@H]1COc2c(cn(C)c2C(=O)Nc2ccc(F)c(C(F)F)c2F)S(=O)(=O)N1. The van der Waals surface area contributed by atoms with Crippen LogP contribution in [-0.2, 0) is 17.1 Å². The number of aryl methyl sites for hydroxylation is 1. The number of carbonyl (C=O) groups excluding carboxylic acids is 1. The third kappa shape index (κ3) is 4.72. The Morgan fingerprint density at radius 1 is 1.33 bits per heavy atom. The topological polar surface area (TPSA) is 89.4 Å². The highest BCUT2D eigenvalue weighted by Crippen LogP contribution is 2.37. The highest BCUT2D eigenvalue weighted by atomic mass is 32.2. The number of alkyl halides is 2. The Morgan fingerprint density at radius 3 is 2.61 bits per heavy atom. The van der Waals surface area contributed by atoms with E-state index in [1.807, 2.05) is 20.8 Å². The number of rotatable bonds is 6. The van der Waals surface area contributed by atoms with Gasteiger partial charge in [-0.3, -0.25) is 4.79 Å². The van der Waals surface area contributed by atoms with Crippen molar-refractivity contribution in [1.82, 2.24) is 9.29 Å². The average molecular weight is 492 g/mol. The van der Waals surface area contributed by atoms with E-state index in [9.17, 15) is 30.8 Å². The second-order valence-corrected chi connectivity index (χ2v) is 10.3. The smallest absolute Gasteiger partial charge is 0.276 e. The Balaban J connectivity index is 1.99. The number of amides is 1. The van der Waals surface area contributed by atoms with E-state index in [1.165, 1.54) is 17.8 Å². The van der Waals surface area contributed by atoms with E-state index in [4.69, 9.17) is 4.74 Å². The number of halogens is 4. The molecule has 182 valence electrons. The molecule has 0 spiro atoms. The van der Waals surface area contributed by atoms with E-state index in [1.54, 1.807) is 0 Å². The summed E-state index contributed by atoms with van der Waals surface area (Å²) in [7, 11) is -2.69. The molecule has 2 aromatic rings. The van der Waals surface area contributed by atoms with Crippen LogP contribution in [0.5, 0.6) is 5.75 Å². The summed E-state index contributed by atoms with van der Waals surface area (Å²) in [5.74, 6) is -4.32. The van der Waals surface area contributed by atoms with Gasteiger partial charge in [0.15, 0.2) is 17.3 Å². The van der Waals surface area contributed by atoms with Crippen molar-refractivity contribution in [3.63, 3.8) is 0 Å². The summed E-state index contributed by atoms with van der Waals surface area (Å²) in [4.78, 5) is 12.6. The van der Waals surface area contributed by atoms with Gasteiger partial charge in [-0.1, -0.05) is 27.2 Å². The van der Waals surface area contributed by atoms with Crippen molar-refractivity contribution in [3.8, 4) is 5.75 Å². The third-order valence-corrected chi connectivity index (χ3v) is 7.19. The number of fused-ring (bicyclic) bond motifs is 1. The number of benzene rings is 1. The molecule has 0 radical (unpaired) electrons. The summed E-state index contributed by atoms with van der Waals surface area (Å²) >= 11 is 0. The lowest BCUT2D eigenvalue weighted by Gasteiger charge is -2.33. The van der Waals surface area contributed by atoms with Crippen LogP contribution in [0.4, 0.5) is 23.2 Å². The zero-order chi connectivity index (χ0) is 24.7. The molecule has 0 unspecified atom stereocenters. The molecule has 1 aromatic heterocycles. The quantitative estimate of drug-likeness (QED) is 0.588. The Bertz CT molecular complexity index is 1180. The van der Waals surface area contributed by atoms with Crippen LogP contribution in [-0.4, -0.2) is 31.5 Å². The van der Waals surface area contributed by atoms with Gasteiger partial charge in [0.25, 0.3) is 12.3 Å². The molecule has 12 heteroatoms. The molecule has 1 amide bonds. The predicted octanol–water partition coefficient (Wildman–Crippen LogP) is 4.36. The molecule has 0 saturated heterocycles. The fraction of sp³-hybridized carbons (Fsp3) is 0.476. The fourth-order valence-electron chi connectivity index (χ4n) is 3.87. The molecule has 1 aliphatic rings. The van der Waals surface area contributed by atoms with E-state index in [-0.39, 0.29) is 22.9 Å². The van der Waals surface area contributed by atoms with Gasteiger partial charge >= 0.3 is 0 Å². The summed E-state index contributed by atoms with van der Waals surface area (Å²) in [5.41, 5.74) is -2.85. The van der Waals surface area contributed by atoms with Gasteiger partial charge in [-0.2, -0.15) is 0 Å². The molecule has 3 rings (SSSR count). The standard InChI is InChI=1S/C21H25F4N3O4S/c1-5-8-21(2,3)14-10-32-18-13(33(30,31)27-14)9-28(4)17(18)20(29)26-12-7-6-11(22)15(16(12)23)19(24)25/h6-7,9,14,19,27H,5,8,10H2,1-4H3,(H,26,29)/t14-/m1/s1. The Morgan fingerprint density at radius 2 is 2.00 bits per heavy atom. The molecule has 7 nitrogen and oxygen atoms in total. The molecule has 0 fully saturated rings. The Hall–Kier alpha value is -2.60. The van der Waals surface area contributed by atoms with Crippen LogP contribution >= 0.6 is 0 Å². The van der Waals surface area contributed by atoms with Crippen molar-refractivity contribution >= 4 is 21.6 Å². The maximum Gasteiger partial charge on any atom is 0.276 e. The van der Waals surface area contributed by atoms with Gasteiger partial charge in [-0.05, 0) is 24.0 Å². The van der Waals surface area contributed by atoms with Gasteiger partial charge in [0.05, 0.1) is 17.3 Å². The second-order valence-electron chi connectivity index (χ2n) is 8.58. The Labute approximate surface area is 189 Å². The number of anilines is 1. The molecule has 2 heterocycles. The van der Waals surface area contributed by atoms with Crippen LogP contribution in [0.25, 0.3) is 0 Å². The Kier molecular flexibility index (Phi) is 6.81. The number of ether oxygens (including phenoxy) is 1. The lowest BCUT2D eigenvalue weighted by atomic mass is 9.81. The number of hydrogen-bond donors (Lipinski definition) is 2. The second kappa shape index (κ2) is 8.98. The van der Waals surface area contributed by atoms with Gasteiger partial charge < -0.3 is 14.6 Å². The molecular formula is C21H25F4N3O4S. The van der Waals surface area contributed by atoms with Gasteiger partial charge in [-0.15, -0.1) is 0 Å². The first kappa shape index (κ1) is 25.0. The van der Waals surface area contributed by atoms with Crippen LogP contribution in [0.2, 0.25) is 0 Å². The van der Waals surface area contributed by atoms with E-state index in [0.29, 0.717) is 12.5 Å². The van der Waals surface area contributed by atoms with Crippen LogP contribution in [0, 0.1) is 17.0 Å². The molecule has 33 heavy (non-hydrogen) atoms. The van der Waals surface area contributed by atoms with Crippen molar-refractivity contribution in [1.29, 1.82) is 0 Å². The molecule has 0 saturated carbocycles. The summed E-state index contributed by atoms with van der Waals surface area (Å²) in [6.45, 7) is 5.70. The highest BCUT2D eigenvalue weighted by Gasteiger charge is 2.40. The minimum atomic E-state index is -4.07. The fourth-order valence-corrected chi connectivity index (χ4v) is 5.46. The number of carbonyl (C=O) groups is 1. The van der Waals surface area contributed by atoms with Gasteiger partial charge in [-0.25, -0.2) is 30.7 Å².